The van der Waals surface area contributed by atoms with E-state index >= 15 is 0 Å². The van der Waals surface area contributed by atoms with Crippen LogP contribution in [0.25, 0.3) is 0 Å². The molecule has 1 aromatic carbocycles. The lowest BCUT2D eigenvalue weighted by Crippen LogP contribution is -2.49. The highest BCUT2D eigenvalue weighted by Gasteiger charge is 2.44. The van der Waals surface area contributed by atoms with Gasteiger partial charge >= 0.3 is 5.69 Å². The molecule has 0 saturated carbocycles. The second-order valence-electron chi connectivity index (χ2n) is 7.71. The molecule has 7 nitrogen and oxygen atoms in total. The Hall–Kier alpha value is -2.67. The SMILES string of the molecule is COc1ccc([C@H]2CN(C)[C@@H]3CCN(C(=O)Cn4cccnc4=O)C[C@H]23)cc1. The van der Waals surface area contributed by atoms with Crippen molar-refractivity contribution < 1.29 is 9.53 Å². The zero-order valence-corrected chi connectivity index (χ0v) is 16.3. The van der Waals surface area contributed by atoms with Gasteiger partial charge in [-0.2, -0.15) is 0 Å². The van der Waals surface area contributed by atoms with Crippen LogP contribution in [0.2, 0.25) is 0 Å². The lowest BCUT2D eigenvalue weighted by molar-refractivity contribution is -0.134. The minimum Gasteiger partial charge on any atom is -0.497 e. The minimum absolute atomic E-state index is 0.0171. The van der Waals surface area contributed by atoms with Crippen LogP contribution in [-0.2, 0) is 11.3 Å². The van der Waals surface area contributed by atoms with Crippen molar-refractivity contribution in [1.29, 1.82) is 0 Å². The second-order valence-corrected chi connectivity index (χ2v) is 7.71. The number of carbonyl (C=O) groups is 1. The molecule has 0 unspecified atom stereocenters. The Morgan fingerprint density at radius 3 is 2.75 bits per heavy atom. The third-order valence-electron chi connectivity index (χ3n) is 6.17. The lowest BCUT2D eigenvalue weighted by atomic mass is 9.82. The molecular formula is C21H26N4O3. The Morgan fingerprint density at radius 1 is 1.25 bits per heavy atom. The van der Waals surface area contributed by atoms with Crippen molar-refractivity contribution in [2.45, 2.75) is 24.9 Å². The fourth-order valence-electron chi connectivity index (χ4n) is 4.68. The van der Waals surface area contributed by atoms with Crippen molar-refractivity contribution in [2.24, 2.45) is 5.92 Å². The number of likely N-dealkylation sites (tertiary alicyclic amines) is 2. The van der Waals surface area contributed by atoms with Crippen LogP contribution in [0.5, 0.6) is 5.75 Å². The summed E-state index contributed by atoms with van der Waals surface area (Å²) < 4.78 is 6.65. The summed E-state index contributed by atoms with van der Waals surface area (Å²) in [6, 6.07) is 10.4. The summed E-state index contributed by atoms with van der Waals surface area (Å²) in [5, 5.41) is 0. The number of hydrogen-bond acceptors (Lipinski definition) is 5. The van der Waals surface area contributed by atoms with Gasteiger partial charge in [0, 0.05) is 49.9 Å². The fourth-order valence-corrected chi connectivity index (χ4v) is 4.68. The van der Waals surface area contributed by atoms with E-state index in [2.05, 4.69) is 29.1 Å². The molecule has 2 aliphatic rings. The predicted octanol–water partition coefficient (Wildman–Crippen LogP) is 1.20. The number of piperidine rings is 1. The molecule has 4 rings (SSSR count). The molecule has 2 fully saturated rings. The van der Waals surface area contributed by atoms with Crippen LogP contribution in [0.15, 0.2) is 47.5 Å². The highest BCUT2D eigenvalue weighted by Crippen LogP contribution is 2.41. The van der Waals surface area contributed by atoms with E-state index in [9.17, 15) is 9.59 Å². The van der Waals surface area contributed by atoms with E-state index in [0.29, 0.717) is 17.9 Å². The molecule has 3 heterocycles. The quantitative estimate of drug-likeness (QED) is 0.795. The van der Waals surface area contributed by atoms with E-state index in [1.54, 1.807) is 19.4 Å². The molecule has 0 N–H and O–H groups in total. The molecular weight excluding hydrogens is 356 g/mol. The van der Waals surface area contributed by atoms with Crippen LogP contribution in [-0.4, -0.2) is 65.1 Å². The Kier molecular flexibility index (Phi) is 5.17. The summed E-state index contributed by atoms with van der Waals surface area (Å²) in [5.41, 5.74) is 0.903. The molecule has 28 heavy (non-hydrogen) atoms. The summed E-state index contributed by atoms with van der Waals surface area (Å²) in [6.07, 6.45) is 4.02. The van der Waals surface area contributed by atoms with Crippen LogP contribution < -0.4 is 10.4 Å². The molecule has 148 valence electrons. The fraction of sp³-hybridized carbons (Fsp3) is 0.476. The molecule has 0 bridgehead atoms. The van der Waals surface area contributed by atoms with Gasteiger partial charge in [-0.15, -0.1) is 0 Å². The Labute approximate surface area is 164 Å². The van der Waals surface area contributed by atoms with Crippen LogP contribution in [0.1, 0.15) is 17.9 Å². The van der Waals surface area contributed by atoms with Crippen molar-refractivity contribution in [2.75, 3.05) is 33.8 Å². The van der Waals surface area contributed by atoms with Crippen molar-refractivity contribution in [3.63, 3.8) is 0 Å². The zero-order valence-electron chi connectivity index (χ0n) is 16.3. The van der Waals surface area contributed by atoms with Crippen LogP contribution >= 0.6 is 0 Å². The summed E-state index contributed by atoms with van der Waals surface area (Å²) >= 11 is 0. The van der Waals surface area contributed by atoms with Crippen LogP contribution in [0, 0.1) is 5.92 Å². The minimum atomic E-state index is -0.387. The average molecular weight is 382 g/mol. The van der Waals surface area contributed by atoms with Gasteiger partial charge in [0.2, 0.25) is 5.91 Å². The Balaban J connectivity index is 1.50. The number of amides is 1. The maximum Gasteiger partial charge on any atom is 0.347 e. The molecule has 2 aliphatic heterocycles. The molecule has 2 aromatic rings. The van der Waals surface area contributed by atoms with E-state index in [-0.39, 0.29) is 18.1 Å². The van der Waals surface area contributed by atoms with Crippen LogP contribution in [0.3, 0.4) is 0 Å². The maximum absolute atomic E-state index is 12.8. The number of fused-ring (bicyclic) bond motifs is 1. The highest BCUT2D eigenvalue weighted by atomic mass is 16.5. The Morgan fingerprint density at radius 2 is 2.04 bits per heavy atom. The number of aromatic nitrogens is 2. The molecule has 0 radical (unpaired) electrons. The number of hydrogen-bond donors (Lipinski definition) is 0. The molecule has 0 spiro atoms. The normalized spacial score (nSPS) is 24.8. The zero-order chi connectivity index (χ0) is 19.7. The summed E-state index contributed by atoms with van der Waals surface area (Å²) in [7, 11) is 3.85. The molecule has 1 aromatic heterocycles. The van der Waals surface area contributed by atoms with Gasteiger partial charge in [0.05, 0.1) is 7.11 Å². The largest absolute Gasteiger partial charge is 0.497 e. The summed E-state index contributed by atoms with van der Waals surface area (Å²) in [4.78, 5) is 32.7. The second kappa shape index (κ2) is 7.75. The highest BCUT2D eigenvalue weighted by molar-refractivity contribution is 5.76. The number of benzene rings is 1. The summed E-state index contributed by atoms with van der Waals surface area (Å²) in [6.45, 7) is 2.49. The molecule has 0 aliphatic carbocycles. The standard InChI is InChI=1S/C21H26N4O3/c1-23-12-17(15-4-6-16(28-2)7-5-15)18-13-24(11-8-19(18)23)20(26)14-25-10-3-9-22-21(25)27/h3-7,9-10,17-19H,8,11-14H2,1-2H3/t17-,18-,19-/m1/s1. The monoisotopic (exact) mass is 382 g/mol. The van der Waals surface area contributed by atoms with Crippen molar-refractivity contribution >= 4 is 5.91 Å². The van der Waals surface area contributed by atoms with Gasteiger partial charge in [-0.3, -0.25) is 9.36 Å². The average Bonchev–Trinajstić information content (AvgIpc) is 3.06. The molecule has 7 heteroatoms. The van der Waals surface area contributed by atoms with E-state index in [1.165, 1.54) is 16.3 Å². The number of methoxy groups -OCH3 is 1. The van der Waals surface area contributed by atoms with Gasteiger partial charge in [0.15, 0.2) is 0 Å². The van der Waals surface area contributed by atoms with Crippen molar-refractivity contribution in [3.8, 4) is 5.75 Å². The van der Waals surface area contributed by atoms with E-state index in [1.807, 2.05) is 17.0 Å². The predicted molar refractivity (Wildman–Crippen MR) is 105 cm³/mol. The smallest absolute Gasteiger partial charge is 0.347 e. The van der Waals surface area contributed by atoms with Crippen molar-refractivity contribution in [3.05, 3.63) is 58.8 Å². The lowest BCUT2D eigenvalue weighted by Gasteiger charge is -2.38. The summed E-state index contributed by atoms with van der Waals surface area (Å²) in [5.74, 6) is 1.62. The van der Waals surface area contributed by atoms with E-state index in [0.717, 1.165) is 31.8 Å². The third-order valence-corrected chi connectivity index (χ3v) is 6.17. The molecule has 3 atom stereocenters. The Bertz CT molecular complexity index is 895. The first kappa shape index (κ1) is 18.7. The first-order valence-corrected chi connectivity index (χ1v) is 9.70. The van der Waals surface area contributed by atoms with Gasteiger partial charge < -0.3 is 14.5 Å². The number of nitrogens with zero attached hydrogens (tertiary/aromatic N) is 4. The topological polar surface area (TPSA) is 67.7 Å². The first-order chi connectivity index (χ1) is 13.6. The number of likely N-dealkylation sites (N-methyl/N-ethyl adjacent to an activating group) is 1. The first-order valence-electron chi connectivity index (χ1n) is 9.70. The number of carbonyl (C=O) groups excluding carboxylic acids is 1. The maximum atomic E-state index is 12.8. The van der Waals surface area contributed by atoms with Gasteiger partial charge in [-0.1, -0.05) is 12.1 Å². The van der Waals surface area contributed by atoms with Gasteiger partial charge in [0.1, 0.15) is 12.3 Å². The number of rotatable bonds is 4. The van der Waals surface area contributed by atoms with E-state index in [4.69, 9.17) is 4.74 Å². The van der Waals surface area contributed by atoms with Gasteiger partial charge in [-0.05, 0) is 37.2 Å². The molecule has 2 saturated heterocycles. The third kappa shape index (κ3) is 3.54. The van der Waals surface area contributed by atoms with Crippen molar-refractivity contribution in [1.82, 2.24) is 19.4 Å². The molecule has 1 amide bonds. The van der Waals surface area contributed by atoms with Gasteiger partial charge in [-0.25, -0.2) is 9.78 Å². The van der Waals surface area contributed by atoms with Gasteiger partial charge in [0.25, 0.3) is 0 Å². The van der Waals surface area contributed by atoms with Crippen LogP contribution in [0.4, 0.5) is 0 Å². The number of ether oxygens (including phenoxy) is 1. The van der Waals surface area contributed by atoms with E-state index < -0.39 is 0 Å².